The van der Waals surface area contributed by atoms with Gasteiger partial charge in [0.15, 0.2) is 0 Å². The Morgan fingerprint density at radius 3 is 2.64 bits per heavy atom. The molecule has 3 heteroatoms. The lowest BCUT2D eigenvalue weighted by molar-refractivity contribution is 0.242. The molecule has 3 nitrogen and oxygen atoms in total. The molecule has 0 saturated heterocycles. The summed E-state index contributed by atoms with van der Waals surface area (Å²) in [6.07, 6.45) is 0.183. The molecule has 0 aliphatic heterocycles. The third-order valence-electron chi connectivity index (χ3n) is 3.24. The maximum absolute atomic E-state index is 5.84. The van der Waals surface area contributed by atoms with Crippen molar-refractivity contribution in [2.75, 3.05) is 18.5 Å². The van der Waals surface area contributed by atoms with Crippen LogP contribution in [0.4, 0.5) is 5.69 Å². The molecule has 0 bridgehead atoms. The highest BCUT2D eigenvalue weighted by molar-refractivity contribution is 5.48. The second-order valence-corrected chi connectivity index (χ2v) is 5.74. The molecule has 0 amide bonds. The molecule has 1 N–H and O–H groups in total. The summed E-state index contributed by atoms with van der Waals surface area (Å²) < 4.78 is 11.5. The molecule has 0 aliphatic rings. The van der Waals surface area contributed by atoms with Crippen molar-refractivity contribution in [3.8, 4) is 11.5 Å². The van der Waals surface area contributed by atoms with Crippen molar-refractivity contribution in [3.63, 3.8) is 0 Å². The molecule has 0 radical (unpaired) electrons. The summed E-state index contributed by atoms with van der Waals surface area (Å²) in [6.45, 7) is 9.56. The van der Waals surface area contributed by atoms with Crippen LogP contribution in [0, 0.1) is 13.8 Å². The fourth-order valence-electron chi connectivity index (χ4n) is 2.17. The average molecular weight is 299 g/mol. The predicted octanol–water partition coefficient (Wildman–Crippen LogP) is 4.58. The van der Waals surface area contributed by atoms with E-state index in [-0.39, 0.29) is 6.10 Å². The van der Waals surface area contributed by atoms with Crippen molar-refractivity contribution >= 4 is 5.69 Å². The topological polar surface area (TPSA) is 30.5 Å². The molecule has 118 valence electrons. The van der Waals surface area contributed by atoms with Crippen LogP contribution in [0.15, 0.2) is 42.5 Å². The SMILES string of the molecule is Cc1ccc(C)c(OCCNc2cccc(OC(C)C)c2)c1. The molecule has 0 unspecified atom stereocenters. The first kappa shape index (κ1) is 16.2. The van der Waals surface area contributed by atoms with Gasteiger partial charge in [-0.15, -0.1) is 0 Å². The van der Waals surface area contributed by atoms with Gasteiger partial charge < -0.3 is 14.8 Å². The zero-order valence-corrected chi connectivity index (χ0v) is 13.8. The Labute approximate surface area is 133 Å². The van der Waals surface area contributed by atoms with Crippen molar-refractivity contribution in [3.05, 3.63) is 53.6 Å². The summed E-state index contributed by atoms with van der Waals surface area (Å²) in [5.41, 5.74) is 3.42. The van der Waals surface area contributed by atoms with Gasteiger partial charge in [0.05, 0.1) is 6.10 Å². The molecule has 2 aromatic carbocycles. The molecule has 0 fully saturated rings. The second-order valence-electron chi connectivity index (χ2n) is 5.74. The number of ether oxygens (including phenoxy) is 2. The summed E-state index contributed by atoms with van der Waals surface area (Å²) >= 11 is 0. The largest absolute Gasteiger partial charge is 0.491 e. The summed E-state index contributed by atoms with van der Waals surface area (Å²) in [5, 5.41) is 3.36. The van der Waals surface area contributed by atoms with Crippen molar-refractivity contribution in [1.29, 1.82) is 0 Å². The van der Waals surface area contributed by atoms with Gasteiger partial charge in [-0.2, -0.15) is 0 Å². The van der Waals surface area contributed by atoms with E-state index in [0.717, 1.165) is 29.3 Å². The van der Waals surface area contributed by atoms with Gasteiger partial charge in [-0.25, -0.2) is 0 Å². The summed E-state index contributed by atoms with van der Waals surface area (Å²) in [7, 11) is 0. The van der Waals surface area contributed by atoms with Gasteiger partial charge >= 0.3 is 0 Å². The van der Waals surface area contributed by atoms with E-state index in [1.54, 1.807) is 0 Å². The van der Waals surface area contributed by atoms with Crippen LogP contribution >= 0.6 is 0 Å². The molecule has 0 heterocycles. The lowest BCUT2D eigenvalue weighted by Gasteiger charge is -2.13. The van der Waals surface area contributed by atoms with Crippen LogP contribution in [0.5, 0.6) is 11.5 Å². The van der Waals surface area contributed by atoms with Gasteiger partial charge in [-0.3, -0.25) is 0 Å². The molecule has 0 spiro atoms. The van der Waals surface area contributed by atoms with Gasteiger partial charge in [0.2, 0.25) is 0 Å². The monoisotopic (exact) mass is 299 g/mol. The number of hydrogen-bond acceptors (Lipinski definition) is 3. The third kappa shape index (κ3) is 4.99. The fraction of sp³-hybridized carbons (Fsp3) is 0.368. The van der Waals surface area contributed by atoms with Crippen LogP contribution in [0.25, 0.3) is 0 Å². The normalized spacial score (nSPS) is 10.6. The van der Waals surface area contributed by atoms with E-state index in [2.05, 4.69) is 37.4 Å². The van der Waals surface area contributed by atoms with Crippen molar-refractivity contribution < 1.29 is 9.47 Å². The summed E-state index contributed by atoms with van der Waals surface area (Å²) in [4.78, 5) is 0. The molecule has 0 saturated carbocycles. The van der Waals surface area contributed by atoms with E-state index < -0.39 is 0 Å². The van der Waals surface area contributed by atoms with Gasteiger partial charge in [0.25, 0.3) is 0 Å². The highest BCUT2D eigenvalue weighted by atomic mass is 16.5. The molecule has 0 aliphatic carbocycles. The van der Waals surface area contributed by atoms with Gasteiger partial charge in [0, 0.05) is 18.3 Å². The first-order valence-electron chi connectivity index (χ1n) is 7.75. The maximum Gasteiger partial charge on any atom is 0.122 e. The molecule has 2 aromatic rings. The van der Waals surface area contributed by atoms with E-state index >= 15 is 0 Å². The van der Waals surface area contributed by atoms with Crippen LogP contribution in [0.1, 0.15) is 25.0 Å². The predicted molar refractivity (Wildman–Crippen MR) is 92.1 cm³/mol. The summed E-state index contributed by atoms with van der Waals surface area (Å²) in [5.74, 6) is 1.84. The Kier molecular flexibility index (Phi) is 5.70. The highest BCUT2D eigenvalue weighted by Crippen LogP contribution is 2.20. The second kappa shape index (κ2) is 7.74. The van der Waals surface area contributed by atoms with E-state index in [9.17, 15) is 0 Å². The van der Waals surface area contributed by atoms with Gasteiger partial charge in [-0.1, -0.05) is 18.2 Å². The lowest BCUT2D eigenvalue weighted by Crippen LogP contribution is -2.12. The minimum absolute atomic E-state index is 0.183. The minimum atomic E-state index is 0.183. The quantitative estimate of drug-likeness (QED) is 0.759. The third-order valence-corrected chi connectivity index (χ3v) is 3.24. The Bertz CT molecular complexity index is 608. The van der Waals surface area contributed by atoms with Gasteiger partial charge in [0.1, 0.15) is 18.1 Å². The molecular weight excluding hydrogens is 274 g/mol. The highest BCUT2D eigenvalue weighted by Gasteiger charge is 2.01. The Morgan fingerprint density at radius 1 is 1.05 bits per heavy atom. The molecule has 0 aromatic heterocycles. The molecule has 2 rings (SSSR count). The van der Waals surface area contributed by atoms with E-state index in [1.807, 2.05) is 38.1 Å². The zero-order valence-electron chi connectivity index (χ0n) is 13.8. The first-order chi connectivity index (χ1) is 10.5. The van der Waals surface area contributed by atoms with Crippen molar-refractivity contribution in [1.82, 2.24) is 0 Å². The number of nitrogens with one attached hydrogen (secondary N) is 1. The Hall–Kier alpha value is -2.16. The number of rotatable bonds is 7. The van der Waals surface area contributed by atoms with Crippen LogP contribution in [-0.4, -0.2) is 19.3 Å². The summed E-state index contributed by atoms with van der Waals surface area (Å²) in [6, 6.07) is 14.3. The standard InChI is InChI=1S/C19H25NO2/c1-14(2)22-18-7-5-6-17(13-18)20-10-11-21-19-12-15(3)8-9-16(19)4/h5-9,12-14,20H,10-11H2,1-4H3. The Morgan fingerprint density at radius 2 is 1.86 bits per heavy atom. The molecule has 0 atom stereocenters. The number of anilines is 1. The first-order valence-corrected chi connectivity index (χ1v) is 7.75. The van der Waals surface area contributed by atoms with Gasteiger partial charge in [-0.05, 0) is 57.0 Å². The van der Waals surface area contributed by atoms with Crippen LogP contribution < -0.4 is 14.8 Å². The van der Waals surface area contributed by atoms with E-state index in [0.29, 0.717) is 6.61 Å². The average Bonchev–Trinajstić information content (AvgIpc) is 2.47. The molecular formula is C19H25NO2. The maximum atomic E-state index is 5.84. The number of aryl methyl sites for hydroxylation is 2. The lowest BCUT2D eigenvalue weighted by atomic mass is 10.1. The number of benzene rings is 2. The zero-order chi connectivity index (χ0) is 15.9. The van der Waals surface area contributed by atoms with Crippen LogP contribution in [0.3, 0.4) is 0 Å². The molecule has 22 heavy (non-hydrogen) atoms. The van der Waals surface area contributed by atoms with Crippen LogP contribution in [0.2, 0.25) is 0 Å². The van der Waals surface area contributed by atoms with Crippen LogP contribution in [-0.2, 0) is 0 Å². The fourth-order valence-corrected chi connectivity index (χ4v) is 2.17. The van der Waals surface area contributed by atoms with Crippen molar-refractivity contribution in [2.45, 2.75) is 33.8 Å². The van der Waals surface area contributed by atoms with Crippen molar-refractivity contribution in [2.24, 2.45) is 0 Å². The smallest absolute Gasteiger partial charge is 0.122 e. The minimum Gasteiger partial charge on any atom is -0.491 e. The Balaban J connectivity index is 1.82. The van der Waals surface area contributed by atoms with E-state index in [4.69, 9.17) is 9.47 Å². The number of hydrogen-bond donors (Lipinski definition) is 1. The van der Waals surface area contributed by atoms with E-state index in [1.165, 1.54) is 5.56 Å².